The van der Waals surface area contributed by atoms with Crippen LogP contribution in [0.1, 0.15) is 32.1 Å². The van der Waals surface area contributed by atoms with Crippen LogP contribution in [0.15, 0.2) is 18.2 Å². The highest BCUT2D eigenvalue weighted by atomic mass is 19.1. The van der Waals surface area contributed by atoms with E-state index < -0.39 is 0 Å². The van der Waals surface area contributed by atoms with E-state index in [1.54, 1.807) is 0 Å². The minimum Gasteiger partial charge on any atom is -0.494 e. The molecule has 1 heterocycles. The highest BCUT2D eigenvalue weighted by Gasteiger charge is 2.28. The van der Waals surface area contributed by atoms with Crippen molar-refractivity contribution >= 4 is 5.69 Å². The van der Waals surface area contributed by atoms with Gasteiger partial charge in [-0.2, -0.15) is 0 Å². The molecular weight excluding hydrogens is 267 g/mol. The summed E-state index contributed by atoms with van der Waals surface area (Å²) in [6, 6.07) is 5.75. The van der Waals surface area contributed by atoms with Gasteiger partial charge < -0.3 is 15.0 Å². The Morgan fingerprint density at radius 1 is 1.24 bits per heavy atom. The summed E-state index contributed by atoms with van der Waals surface area (Å²) in [5.41, 5.74) is 1.07. The summed E-state index contributed by atoms with van der Waals surface area (Å²) in [5.74, 6) is 0.837. The summed E-state index contributed by atoms with van der Waals surface area (Å²) >= 11 is 0. The van der Waals surface area contributed by atoms with E-state index in [1.165, 1.54) is 45.3 Å². The van der Waals surface area contributed by atoms with Gasteiger partial charge in [-0.25, -0.2) is 4.39 Å². The fourth-order valence-corrected chi connectivity index (χ4v) is 3.71. The lowest BCUT2D eigenvalue weighted by atomic mass is 9.83. The average Bonchev–Trinajstić information content (AvgIpc) is 2.56. The van der Waals surface area contributed by atoms with Gasteiger partial charge in [0.2, 0.25) is 0 Å². The first-order chi connectivity index (χ1) is 10.3. The maximum absolute atomic E-state index is 13.5. The van der Waals surface area contributed by atoms with Crippen LogP contribution in [0.2, 0.25) is 0 Å². The largest absolute Gasteiger partial charge is 0.494 e. The molecule has 1 aromatic carbocycles. The molecule has 1 aliphatic carbocycles. The number of nitrogens with zero attached hydrogens (tertiary/aromatic N) is 1. The molecule has 3 rings (SSSR count). The molecule has 0 bridgehead atoms. The molecule has 1 aliphatic heterocycles. The summed E-state index contributed by atoms with van der Waals surface area (Å²) in [6.07, 6.45) is 6.82. The standard InChI is InChI=1S/C17H25FN2O/c1-21-17-11-14(7-8-15(17)18)20-10-9-19-16(12-20)13-5-3-2-4-6-13/h7-8,11,13,16,19H,2-6,9-10,12H2,1H3. The molecule has 116 valence electrons. The molecule has 21 heavy (non-hydrogen) atoms. The summed E-state index contributed by atoms with van der Waals surface area (Å²) in [5, 5.41) is 3.68. The molecule has 2 fully saturated rings. The van der Waals surface area contributed by atoms with Crippen LogP contribution in [-0.2, 0) is 0 Å². The summed E-state index contributed by atoms with van der Waals surface area (Å²) in [6.45, 7) is 2.98. The molecule has 1 saturated heterocycles. The van der Waals surface area contributed by atoms with Crippen molar-refractivity contribution < 1.29 is 9.13 Å². The number of hydrogen-bond donors (Lipinski definition) is 1. The molecule has 2 aliphatic rings. The molecule has 1 saturated carbocycles. The van der Waals surface area contributed by atoms with Gasteiger partial charge in [-0.3, -0.25) is 0 Å². The molecule has 0 amide bonds. The van der Waals surface area contributed by atoms with Crippen molar-refractivity contribution in [3.63, 3.8) is 0 Å². The Bertz CT molecular complexity index is 474. The number of ether oxygens (including phenoxy) is 1. The van der Waals surface area contributed by atoms with E-state index in [0.29, 0.717) is 11.8 Å². The lowest BCUT2D eigenvalue weighted by Gasteiger charge is -2.40. The predicted octanol–water partition coefficient (Wildman–Crippen LogP) is 3.19. The number of benzene rings is 1. The molecule has 1 unspecified atom stereocenters. The van der Waals surface area contributed by atoms with Crippen molar-refractivity contribution in [3.05, 3.63) is 24.0 Å². The predicted molar refractivity (Wildman–Crippen MR) is 83.5 cm³/mol. The smallest absolute Gasteiger partial charge is 0.165 e. The number of hydrogen-bond acceptors (Lipinski definition) is 3. The van der Waals surface area contributed by atoms with Gasteiger partial charge in [-0.05, 0) is 30.9 Å². The monoisotopic (exact) mass is 292 g/mol. The Labute approximate surface area is 126 Å². The van der Waals surface area contributed by atoms with Crippen molar-refractivity contribution in [1.82, 2.24) is 5.32 Å². The first kappa shape index (κ1) is 14.6. The third-order valence-electron chi connectivity index (χ3n) is 4.92. The van der Waals surface area contributed by atoms with Gasteiger partial charge in [0.1, 0.15) is 0 Å². The number of halogens is 1. The summed E-state index contributed by atoms with van der Waals surface area (Å²) < 4.78 is 18.7. The zero-order chi connectivity index (χ0) is 14.7. The van der Waals surface area contributed by atoms with E-state index >= 15 is 0 Å². The van der Waals surface area contributed by atoms with Crippen molar-refractivity contribution in [3.8, 4) is 5.75 Å². The third-order valence-corrected chi connectivity index (χ3v) is 4.92. The van der Waals surface area contributed by atoms with Gasteiger partial charge in [-0.1, -0.05) is 19.3 Å². The second-order valence-corrected chi connectivity index (χ2v) is 6.22. The Hall–Kier alpha value is -1.29. The van der Waals surface area contributed by atoms with Crippen LogP contribution in [0.4, 0.5) is 10.1 Å². The minimum absolute atomic E-state index is 0.291. The Balaban J connectivity index is 1.70. The number of nitrogens with one attached hydrogen (secondary N) is 1. The van der Waals surface area contributed by atoms with Gasteiger partial charge in [0.15, 0.2) is 11.6 Å². The minimum atomic E-state index is -0.291. The van der Waals surface area contributed by atoms with Crippen molar-refractivity contribution in [2.24, 2.45) is 5.92 Å². The fourth-order valence-electron chi connectivity index (χ4n) is 3.71. The van der Waals surface area contributed by atoms with Gasteiger partial charge >= 0.3 is 0 Å². The highest BCUT2D eigenvalue weighted by Crippen LogP contribution is 2.30. The van der Waals surface area contributed by atoms with Crippen LogP contribution in [0.3, 0.4) is 0 Å². The number of rotatable bonds is 3. The van der Waals surface area contributed by atoms with Crippen molar-refractivity contribution in [2.45, 2.75) is 38.1 Å². The van der Waals surface area contributed by atoms with E-state index in [9.17, 15) is 4.39 Å². The van der Waals surface area contributed by atoms with Crippen LogP contribution < -0.4 is 15.0 Å². The van der Waals surface area contributed by atoms with Crippen LogP contribution in [0.5, 0.6) is 5.75 Å². The molecule has 0 radical (unpaired) electrons. The van der Waals surface area contributed by atoms with E-state index in [2.05, 4.69) is 10.2 Å². The Morgan fingerprint density at radius 3 is 2.81 bits per heavy atom. The van der Waals surface area contributed by atoms with Crippen molar-refractivity contribution in [2.75, 3.05) is 31.6 Å². The zero-order valence-corrected chi connectivity index (χ0v) is 12.8. The molecule has 1 atom stereocenters. The summed E-state index contributed by atoms with van der Waals surface area (Å²) in [4.78, 5) is 2.36. The van der Waals surface area contributed by atoms with Crippen molar-refractivity contribution in [1.29, 1.82) is 0 Å². The topological polar surface area (TPSA) is 24.5 Å². The fraction of sp³-hybridized carbons (Fsp3) is 0.647. The molecule has 0 aromatic heterocycles. The van der Waals surface area contributed by atoms with Gasteiger partial charge in [0.25, 0.3) is 0 Å². The molecule has 0 spiro atoms. The number of methoxy groups -OCH3 is 1. The van der Waals surface area contributed by atoms with Crippen LogP contribution in [-0.4, -0.2) is 32.8 Å². The van der Waals surface area contributed by atoms with Gasteiger partial charge in [-0.15, -0.1) is 0 Å². The van der Waals surface area contributed by atoms with E-state index in [0.717, 1.165) is 31.2 Å². The van der Waals surface area contributed by atoms with Gasteiger partial charge in [0, 0.05) is 37.4 Å². The Kier molecular flexibility index (Phi) is 4.63. The first-order valence-corrected chi connectivity index (χ1v) is 8.10. The normalized spacial score (nSPS) is 24.1. The van der Waals surface area contributed by atoms with Crippen LogP contribution in [0.25, 0.3) is 0 Å². The molecular formula is C17H25FN2O. The number of piperazine rings is 1. The lowest BCUT2D eigenvalue weighted by Crippen LogP contribution is -2.54. The molecule has 1 N–H and O–H groups in total. The van der Waals surface area contributed by atoms with E-state index in [1.807, 2.05) is 12.1 Å². The molecule has 4 heteroatoms. The molecule has 3 nitrogen and oxygen atoms in total. The second-order valence-electron chi connectivity index (χ2n) is 6.22. The SMILES string of the molecule is COc1cc(N2CCNC(C3CCCCC3)C2)ccc1F. The van der Waals surface area contributed by atoms with Gasteiger partial charge in [0.05, 0.1) is 7.11 Å². The number of anilines is 1. The lowest BCUT2D eigenvalue weighted by molar-refractivity contribution is 0.257. The second kappa shape index (κ2) is 6.65. The van der Waals surface area contributed by atoms with E-state index in [4.69, 9.17) is 4.74 Å². The zero-order valence-electron chi connectivity index (χ0n) is 12.8. The Morgan fingerprint density at radius 2 is 2.05 bits per heavy atom. The maximum atomic E-state index is 13.5. The summed E-state index contributed by atoms with van der Waals surface area (Å²) in [7, 11) is 1.52. The quantitative estimate of drug-likeness (QED) is 0.926. The molecule has 1 aromatic rings. The van der Waals surface area contributed by atoms with Crippen LogP contribution >= 0.6 is 0 Å². The van der Waals surface area contributed by atoms with E-state index in [-0.39, 0.29) is 5.82 Å². The third kappa shape index (κ3) is 3.31. The van der Waals surface area contributed by atoms with Crippen LogP contribution in [0, 0.1) is 11.7 Å². The maximum Gasteiger partial charge on any atom is 0.165 e. The highest BCUT2D eigenvalue weighted by molar-refractivity contribution is 5.52. The first-order valence-electron chi connectivity index (χ1n) is 8.10. The average molecular weight is 292 g/mol.